The summed E-state index contributed by atoms with van der Waals surface area (Å²) in [5.74, 6) is -1.53. The van der Waals surface area contributed by atoms with E-state index in [1.54, 1.807) is 0 Å². The van der Waals surface area contributed by atoms with E-state index in [-0.39, 0.29) is 52.0 Å². The molecule has 5 fully saturated rings. The van der Waals surface area contributed by atoms with E-state index in [1.165, 1.54) is 54.9 Å². The Labute approximate surface area is 615 Å². The Hall–Kier alpha value is -8.45. The van der Waals surface area contributed by atoms with Crippen molar-refractivity contribution in [2.45, 2.75) is 108 Å². The van der Waals surface area contributed by atoms with Crippen molar-refractivity contribution >= 4 is 107 Å². The number of nitrogens with one attached hydrogen (secondary N) is 5. The van der Waals surface area contributed by atoms with Crippen LogP contribution in [-0.2, 0) is 50.2 Å². The van der Waals surface area contributed by atoms with Gasteiger partial charge in [0.05, 0.1) is 60.1 Å². The van der Waals surface area contributed by atoms with E-state index in [1.807, 2.05) is 0 Å². The average Bonchev–Trinajstić information content (AvgIpc) is 1.66. The Morgan fingerprint density at radius 1 is 0.364 bits per heavy atom. The minimum atomic E-state index is -1.03. The molecule has 516 valence electrons. The normalized spacial score (nSPS) is 21.4. The summed E-state index contributed by atoms with van der Waals surface area (Å²) in [6.07, 6.45) is 8.28. The molecule has 5 atom stereocenters. The van der Waals surface area contributed by atoms with Gasteiger partial charge in [0.25, 0.3) is 0 Å². The summed E-state index contributed by atoms with van der Waals surface area (Å²) in [4.78, 5) is 84.5. The van der Waals surface area contributed by atoms with Crippen LogP contribution in [0.1, 0.15) is 75.3 Å². The minimum absolute atomic E-state index is 0. The molecule has 10 heterocycles. The van der Waals surface area contributed by atoms with Gasteiger partial charge in [-0.3, -0.25) is 25.0 Å². The summed E-state index contributed by atoms with van der Waals surface area (Å²) in [5, 5.41) is 72.6. The van der Waals surface area contributed by atoms with Crippen LogP contribution in [0.25, 0.3) is 43.8 Å². The van der Waals surface area contributed by atoms with Crippen LogP contribution in [0.5, 0.6) is 0 Å². The van der Waals surface area contributed by atoms with Gasteiger partial charge in [0.15, 0.2) is 29.8 Å². The first-order chi connectivity index (χ1) is 47.0. The summed E-state index contributed by atoms with van der Waals surface area (Å²) in [5.41, 5.74) is 7.89. The van der Waals surface area contributed by atoms with E-state index in [0.29, 0.717) is 32.1 Å². The summed E-state index contributed by atoms with van der Waals surface area (Å²) < 4.78 is 0. The van der Waals surface area contributed by atoms with E-state index in [0.717, 1.165) is 160 Å². The van der Waals surface area contributed by atoms with Gasteiger partial charge in [-0.15, -0.1) is 69.1 Å². The molecular formula is C72H86InN15O10Zr. The molecule has 0 amide bonds. The summed E-state index contributed by atoms with van der Waals surface area (Å²) in [7, 11) is 0. The standard InChI is InChI=1S/2C16H13.5C8H13N3O2.In.Zr/c2*1-12-10-14-8-5-9-15(16(14)11-12)13-6-3-2-4-7-13;5*12-7(13)6-2-5-11-4-1-3-9-8(11)10-6;;/h2*2-11H,1H3;5*6H,1-5H2,(H,9,10)(H,12,13);;/q2*-1;;;;;;+3;+4/p-5. The molecule has 5 N–H and O–H groups in total. The van der Waals surface area contributed by atoms with Crippen LogP contribution in [0, 0.1) is 13.8 Å². The molecule has 0 radical (unpaired) electrons. The number of carbonyl (C=O) groups excluding carboxylic acids is 5. The topological polar surface area (TPSA) is 339 Å². The molecule has 6 aromatic carbocycles. The Bertz CT molecular complexity index is 3430. The quantitative estimate of drug-likeness (QED) is 0.126. The van der Waals surface area contributed by atoms with E-state index < -0.39 is 60.1 Å². The van der Waals surface area contributed by atoms with Gasteiger partial charge in [-0.25, -0.2) is 0 Å². The molecule has 0 aliphatic carbocycles. The number of carboxylic acid groups (broad SMARTS) is 5. The van der Waals surface area contributed by atoms with Crippen LogP contribution in [-0.4, -0.2) is 238 Å². The Balaban J connectivity index is 0.000000147. The number of carboxylic acids is 5. The number of hydrogen-bond acceptors (Lipinski definition) is 25. The third-order valence-corrected chi connectivity index (χ3v) is 18.1. The Kier molecular flexibility index (Phi) is 29.0. The number of aliphatic imine (C=N–C) groups is 5. The number of fused-ring (bicyclic) bond motifs is 7. The maximum absolute atomic E-state index is 10.6. The van der Waals surface area contributed by atoms with Gasteiger partial charge in [-0.1, -0.05) is 97.8 Å². The first kappa shape index (κ1) is 76.3. The maximum atomic E-state index is 10.6. The van der Waals surface area contributed by atoms with Crippen molar-refractivity contribution in [3.05, 3.63) is 132 Å². The smallest absolute Gasteiger partial charge is 0.548 e. The number of carbonyl (C=O) groups is 5. The van der Waals surface area contributed by atoms with E-state index in [4.69, 9.17) is 0 Å². The van der Waals surface area contributed by atoms with Crippen molar-refractivity contribution in [3.63, 3.8) is 0 Å². The van der Waals surface area contributed by atoms with Crippen LogP contribution in [0.3, 0.4) is 0 Å². The molecule has 10 aliphatic heterocycles. The van der Waals surface area contributed by atoms with Crippen LogP contribution < -0.4 is 52.1 Å². The fourth-order valence-electron chi connectivity index (χ4n) is 13.0. The van der Waals surface area contributed by atoms with E-state index in [2.05, 4.69) is 211 Å². The first-order valence-corrected chi connectivity index (χ1v) is 33.8. The molecule has 5 saturated heterocycles. The van der Waals surface area contributed by atoms with Crippen LogP contribution in [0.4, 0.5) is 0 Å². The molecular weight excluding hydrogens is 1440 g/mol. The number of hydrogen-bond donors (Lipinski definition) is 5. The Morgan fingerprint density at radius 3 is 0.838 bits per heavy atom. The van der Waals surface area contributed by atoms with Gasteiger partial charge >= 0.3 is 52.0 Å². The summed E-state index contributed by atoms with van der Waals surface area (Å²) >= 11 is 0. The molecule has 0 bridgehead atoms. The van der Waals surface area contributed by atoms with Crippen LogP contribution in [0.15, 0.2) is 146 Å². The second kappa shape index (κ2) is 37.7. The zero-order valence-electron chi connectivity index (χ0n) is 56.2. The number of nitrogens with zero attached hydrogens (tertiary/aromatic N) is 10. The third-order valence-electron chi connectivity index (χ3n) is 18.1. The Morgan fingerprint density at radius 2 is 0.606 bits per heavy atom. The molecule has 10 aliphatic rings. The van der Waals surface area contributed by atoms with Gasteiger partial charge < -0.3 is 101 Å². The number of rotatable bonds is 7. The summed E-state index contributed by atoms with van der Waals surface area (Å²) in [6, 6.07) is 40.3. The molecule has 99 heavy (non-hydrogen) atoms. The monoisotopic (exact) mass is 1530 g/mol. The number of aliphatic carboxylic acids is 5. The SMILES string of the molecule is Cc1cc2c(-c3ccccc3)cccc2[cH-]1.Cc1cc2c(-c3ccccc3)cccc2[cH-]1.O=C([O-])C1CCN2CCCN=C2N1.O=C([O-])C1CCN2CCCN=C2N1.O=C([O-])C1CCN2CCCN=C2N1.O=C([O-])C1CCN2CCCN=C2N1.O=C([O-])C1CCN2CCCN=C2N1.[In+3].[Zr+4]. The maximum Gasteiger partial charge on any atom is 4.00 e. The van der Waals surface area contributed by atoms with Crippen molar-refractivity contribution in [2.24, 2.45) is 25.0 Å². The average molecular weight is 1530 g/mol. The van der Waals surface area contributed by atoms with Crippen LogP contribution >= 0.6 is 0 Å². The molecule has 16 rings (SSSR count). The predicted molar refractivity (Wildman–Crippen MR) is 370 cm³/mol. The first-order valence-electron chi connectivity index (χ1n) is 33.8. The minimum Gasteiger partial charge on any atom is -0.548 e. The molecule has 0 aromatic heterocycles. The number of guanidine groups is 5. The molecule has 0 saturated carbocycles. The zero-order valence-corrected chi connectivity index (χ0v) is 62.0. The number of aryl methyl sites for hydroxylation is 2. The fourth-order valence-corrected chi connectivity index (χ4v) is 13.0. The number of benzene rings is 4. The summed E-state index contributed by atoms with van der Waals surface area (Å²) in [6.45, 7) is 17.0. The van der Waals surface area contributed by atoms with E-state index in [9.17, 15) is 49.5 Å². The van der Waals surface area contributed by atoms with Gasteiger partial charge in [0.1, 0.15) is 0 Å². The van der Waals surface area contributed by atoms with Crippen molar-refractivity contribution in [1.82, 2.24) is 51.1 Å². The van der Waals surface area contributed by atoms with E-state index >= 15 is 0 Å². The molecule has 6 aromatic rings. The van der Waals surface area contributed by atoms with Crippen molar-refractivity contribution in [1.29, 1.82) is 0 Å². The van der Waals surface area contributed by atoms with Crippen molar-refractivity contribution in [2.75, 3.05) is 98.2 Å². The third kappa shape index (κ3) is 21.3. The largest absolute Gasteiger partial charge is 4.00 e. The molecule has 27 heteroatoms. The second-order valence-corrected chi connectivity index (χ2v) is 25.2. The van der Waals surface area contributed by atoms with Crippen LogP contribution in [0.2, 0.25) is 0 Å². The molecule has 25 nitrogen and oxygen atoms in total. The second-order valence-electron chi connectivity index (χ2n) is 25.2. The zero-order chi connectivity index (χ0) is 68.2. The van der Waals surface area contributed by atoms with Crippen molar-refractivity contribution < 1.29 is 75.7 Å². The van der Waals surface area contributed by atoms with Gasteiger partial charge in [0, 0.05) is 98.2 Å². The predicted octanol–water partition coefficient (Wildman–Crippen LogP) is -0.516. The fraction of sp³-hybridized carbons (Fsp3) is 0.444. The van der Waals surface area contributed by atoms with Crippen molar-refractivity contribution in [3.8, 4) is 22.3 Å². The molecule has 5 unspecified atom stereocenters. The van der Waals surface area contributed by atoms with Gasteiger partial charge in [-0.05, 0) is 75.3 Å². The van der Waals surface area contributed by atoms with Gasteiger partial charge in [-0.2, -0.15) is 12.1 Å². The molecule has 0 spiro atoms. The van der Waals surface area contributed by atoms with Gasteiger partial charge in [0.2, 0.25) is 0 Å².